The molecule has 4 nitrogen and oxygen atoms in total. The van der Waals surface area contributed by atoms with E-state index in [1.165, 1.54) is 0 Å². The van der Waals surface area contributed by atoms with E-state index in [2.05, 4.69) is 0 Å². The molecule has 0 bridgehead atoms. The Morgan fingerprint density at radius 3 is 2.40 bits per heavy atom. The highest BCUT2D eigenvalue weighted by Crippen LogP contribution is 2.40. The molecule has 0 unspecified atom stereocenters. The van der Waals surface area contributed by atoms with E-state index in [1.807, 2.05) is 24.3 Å². The number of ether oxygens (including phenoxy) is 2. The van der Waals surface area contributed by atoms with Crippen molar-refractivity contribution in [1.29, 1.82) is 0 Å². The van der Waals surface area contributed by atoms with Gasteiger partial charge in [0, 0.05) is 19.8 Å². The second-order valence-corrected chi connectivity index (χ2v) is 3.37. The van der Waals surface area contributed by atoms with Gasteiger partial charge in [0.15, 0.2) is 0 Å². The number of benzene rings is 1. The van der Waals surface area contributed by atoms with Crippen molar-refractivity contribution >= 4 is 0 Å². The Bertz CT molecular complexity index is 349. The van der Waals surface area contributed by atoms with E-state index >= 15 is 0 Å². The molecular formula is C11H15NO3. The van der Waals surface area contributed by atoms with Crippen molar-refractivity contribution in [3.8, 4) is 0 Å². The summed E-state index contributed by atoms with van der Waals surface area (Å²) < 4.78 is 10.9. The van der Waals surface area contributed by atoms with Crippen LogP contribution in [0.15, 0.2) is 24.3 Å². The van der Waals surface area contributed by atoms with Crippen molar-refractivity contribution in [3.63, 3.8) is 0 Å². The average molecular weight is 209 g/mol. The Balaban J connectivity index is 2.50. The fraction of sp³-hybridized carbons (Fsp3) is 0.455. The van der Waals surface area contributed by atoms with Crippen LogP contribution in [-0.2, 0) is 26.8 Å². The van der Waals surface area contributed by atoms with E-state index in [1.54, 1.807) is 26.4 Å². The van der Waals surface area contributed by atoms with Crippen LogP contribution in [0.25, 0.3) is 0 Å². The molecule has 1 aliphatic heterocycles. The molecule has 0 saturated heterocycles. The zero-order valence-corrected chi connectivity index (χ0v) is 9.19. The molecule has 15 heavy (non-hydrogen) atoms. The van der Waals surface area contributed by atoms with Crippen molar-refractivity contribution in [2.75, 3.05) is 21.3 Å². The number of hydrogen-bond acceptors (Lipinski definition) is 4. The third kappa shape index (κ3) is 1.38. The van der Waals surface area contributed by atoms with Gasteiger partial charge in [-0.05, 0) is 5.56 Å². The molecule has 0 atom stereocenters. The third-order valence-corrected chi connectivity index (χ3v) is 2.77. The number of nitrogens with zero attached hydrogens (tertiary/aromatic N) is 1. The van der Waals surface area contributed by atoms with E-state index in [0.29, 0.717) is 6.54 Å². The minimum atomic E-state index is -0.911. The van der Waals surface area contributed by atoms with Crippen LogP contribution in [0.1, 0.15) is 11.1 Å². The summed E-state index contributed by atoms with van der Waals surface area (Å²) in [5.41, 5.74) is 2.15. The Kier molecular flexibility index (Phi) is 2.75. The van der Waals surface area contributed by atoms with E-state index < -0.39 is 5.91 Å². The van der Waals surface area contributed by atoms with Gasteiger partial charge in [-0.3, -0.25) is 4.84 Å². The summed E-state index contributed by atoms with van der Waals surface area (Å²) in [5, 5.41) is 1.68. The zero-order chi connectivity index (χ0) is 10.9. The fourth-order valence-electron chi connectivity index (χ4n) is 2.05. The van der Waals surface area contributed by atoms with Crippen molar-refractivity contribution in [2.45, 2.75) is 12.5 Å². The summed E-state index contributed by atoms with van der Waals surface area (Å²) in [4.78, 5) is 5.27. The molecule has 0 aromatic heterocycles. The second kappa shape index (κ2) is 3.90. The molecule has 4 heteroatoms. The first kappa shape index (κ1) is 10.6. The van der Waals surface area contributed by atoms with Crippen LogP contribution in [0, 0.1) is 0 Å². The molecule has 1 aromatic rings. The lowest BCUT2D eigenvalue weighted by molar-refractivity contribution is -0.393. The molecule has 0 N–H and O–H groups in total. The maximum atomic E-state index is 5.46. The van der Waals surface area contributed by atoms with Crippen LogP contribution >= 0.6 is 0 Å². The van der Waals surface area contributed by atoms with Crippen LogP contribution < -0.4 is 0 Å². The summed E-state index contributed by atoms with van der Waals surface area (Å²) in [6.07, 6.45) is 0. The van der Waals surface area contributed by atoms with Gasteiger partial charge in [-0.15, -0.1) is 5.06 Å². The first-order valence-electron chi connectivity index (χ1n) is 4.79. The number of hydrogen-bond donors (Lipinski definition) is 0. The fourth-order valence-corrected chi connectivity index (χ4v) is 2.05. The predicted octanol–water partition coefficient (Wildman–Crippen LogP) is 1.47. The molecule has 0 saturated carbocycles. The smallest absolute Gasteiger partial charge is 0.280 e. The lowest BCUT2D eigenvalue weighted by Gasteiger charge is -2.33. The van der Waals surface area contributed by atoms with Gasteiger partial charge in [0.2, 0.25) is 0 Å². The highest BCUT2D eigenvalue weighted by molar-refractivity contribution is 5.34. The molecule has 0 aliphatic carbocycles. The first-order valence-corrected chi connectivity index (χ1v) is 4.79. The van der Waals surface area contributed by atoms with E-state index in [9.17, 15) is 0 Å². The van der Waals surface area contributed by atoms with Crippen LogP contribution in [-0.4, -0.2) is 26.4 Å². The number of methoxy groups -OCH3 is 2. The van der Waals surface area contributed by atoms with Gasteiger partial charge in [0.05, 0.1) is 13.7 Å². The molecular weight excluding hydrogens is 194 g/mol. The van der Waals surface area contributed by atoms with Crippen molar-refractivity contribution < 1.29 is 14.3 Å². The molecule has 0 spiro atoms. The zero-order valence-electron chi connectivity index (χ0n) is 9.19. The Morgan fingerprint density at radius 1 is 1.13 bits per heavy atom. The number of hydroxylamine groups is 2. The van der Waals surface area contributed by atoms with Gasteiger partial charge in [-0.1, -0.05) is 24.3 Å². The van der Waals surface area contributed by atoms with Gasteiger partial charge in [-0.25, -0.2) is 0 Å². The maximum absolute atomic E-state index is 5.46. The van der Waals surface area contributed by atoms with E-state index in [-0.39, 0.29) is 0 Å². The van der Waals surface area contributed by atoms with Crippen LogP contribution in [0.4, 0.5) is 0 Å². The normalized spacial score (nSPS) is 19.1. The lowest BCUT2D eigenvalue weighted by atomic mass is 10.1. The maximum Gasteiger partial charge on any atom is 0.280 e. The van der Waals surface area contributed by atoms with Crippen molar-refractivity contribution in [1.82, 2.24) is 5.06 Å². The Morgan fingerprint density at radius 2 is 1.80 bits per heavy atom. The van der Waals surface area contributed by atoms with E-state index in [0.717, 1.165) is 11.1 Å². The largest absolute Gasteiger partial charge is 0.335 e. The summed E-state index contributed by atoms with van der Waals surface area (Å²) in [6.45, 7) is 0.661. The van der Waals surface area contributed by atoms with Crippen molar-refractivity contribution in [3.05, 3.63) is 35.4 Å². The highest BCUT2D eigenvalue weighted by atomic mass is 16.8. The van der Waals surface area contributed by atoms with Gasteiger partial charge >= 0.3 is 0 Å². The van der Waals surface area contributed by atoms with E-state index in [4.69, 9.17) is 14.3 Å². The standard InChI is InChI=1S/C11H15NO3/c1-13-11(14-2)10-7-5-4-6-9(10)8-12(11)15-3/h4-7H,8H2,1-3H3. The topological polar surface area (TPSA) is 30.9 Å². The molecule has 0 radical (unpaired) electrons. The summed E-state index contributed by atoms with van der Waals surface area (Å²) in [7, 11) is 4.83. The SMILES string of the molecule is CON1Cc2ccccc2C1(OC)OC. The van der Waals surface area contributed by atoms with Crippen LogP contribution in [0.3, 0.4) is 0 Å². The Labute approximate surface area is 89.3 Å². The predicted molar refractivity (Wildman–Crippen MR) is 54.7 cm³/mol. The molecule has 2 rings (SSSR count). The summed E-state index contributed by atoms with van der Waals surface area (Å²) >= 11 is 0. The van der Waals surface area contributed by atoms with Gasteiger partial charge in [0.25, 0.3) is 5.91 Å². The Hall–Kier alpha value is -0.940. The highest BCUT2D eigenvalue weighted by Gasteiger charge is 2.47. The molecule has 1 aromatic carbocycles. The minimum Gasteiger partial charge on any atom is -0.335 e. The minimum absolute atomic E-state index is 0.661. The number of rotatable bonds is 3. The molecule has 0 amide bonds. The van der Waals surface area contributed by atoms with Crippen molar-refractivity contribution in [2.24, 2.45) is 0 Å². The molecule has 82 valence electrons. The van der Waals surface area contributed by atoms with Crippen LogP contribution in [0.5, 0.6) is 0 Å². The first-order chi connectivity index (χ1) is 7.28. The van der Waals surface area contributed by atoms with Gasteiger partial charge in [-0.2, -0.15) is 0 Å². The van der Waals surface area contributed by atoms with Crippen LogP contribution in [0.2, 0.25) is 0 Å². The quantitative estimate of drug-likeness (QED) is 0.705. The lowest BCUT2D eigenvalue weighted by Crippen LogP contribution is -2.43. The van der Waals surface area contributed by atoms with Gasteiger partial charge in [0.1, 0.15) is 0 Å². The summed E-state index contributed by atoms with van der Waals surface area (Å²) in [5.74, 6) is -0.911. The molecule has 1 aliphatic rings. The monoisotopic (exact) mass is 209 g/mol. The number of fused-ring (bicyclic) bond motifs is 1. The molecule has 0 fully saturated rings. The van der Waals surface area contributed by atoms with Gasteiger partial charge < -0.3 is 9.47 Å². The summed E-state index contributed by atoms with van der Waals surface area (Å²) in [6, 6.07) is 7.99. The molecule has 1 heterocycles. The average Bonchev–Trinajstić information content (AvgIpc) is 2.63. The third-order valence-electron chi connectivity index (χ3n) is 2.77. The second-order valence-electron chi connectivity index (χ2n) is 3.37.